The summed E-state index contributed by atoms with van der Waals surface area (Å²) in [4.78, 5) is 24.9. The van der Waals surface area contributed by atoms with Crippen LogP contribution in [0.1, 0.15) is 10.4 Å². The molecule has 29 heavy (non-hydrogen) atoms. The minimum Gasteiger partial charge on any atom is -0.367 e. The van der Waals surface area contributed by atoms with Gasteiger partial charge in [0.05, 0.1) is 11.0 Å². The maximum atomic E-state index is 12.3. The number of aromatic nitrogens is 5. The molecule has 1 amide bonds. The highest BCUT2D eigenvalue weighted by Crippen LogP contribution is 2.12. The van der Waals surface area contributed by atoms with Crippen LogP contribution >= 0.6 is 0 Å². The van der Waals surface area contributed by atoms with Crippen LogP contribution in [0.25, 0.3) is 11.0 Å². The van der Waals surface area contributed by atoms with Crippen LogP contribution in [0.2, 0.25) is 0 Å². The largest absolute Gasteiger partial charge is 0.367 e. The predicted molar refractivity (Wildman–Crippen MR) is 110 cm³/mol. The van der Waals surface area contributed by atoms with Gasteiger partial charge in [-0.2, -0.15) is 0 Å². The van der Waals surface area contributed by atoms with Crippen molar-refractivity contribution in [3.05, 3.63) is 72.7 Å². The molecule has 0 unspecified atom stereocenters. The number of hydrogen-bond acceptors (Lipinski definition) is 8. The number of benzene rings is 1. The molecule has 9 heteroatoms. The first-order valence-electron chi connectivity index (χ1n) is 9.02. The van der Waals surface area contributed by atoms with Gasteiger partial charge in [0.25, 0.3) is 5.91 Å². The number of anilines is 3. The van der Waals surface area contributed by atoms with E-state index in [2.05, 4.69) is 41.1 Å². The lowest BCUT2D eigenvalue weighted by Crippen LogP contribution is -2.28. The molecule has 0 radical (unpaired) electrons. The Bertz CT molecular complexity index is 1100. The monoisotopic (exact) mass is 386 g/mol. The van der Waals surface area contributed by atoms with Crippen molar-refractivity contribution in [3.63, 3.8) is 0 Å². The number of rotatable bonds is 7. The third-order valence-electron chi connectivity index (χ3n) is 4.03. The lowest BCUT2D eigenvalue weighted by Gasteiger charge is -2.08. The Kier molecular flexibility index (Phi) is 5.47. The Hall–Kier alpha value is -4.14. The molecule has 144 valence electrons. The van der Waals surface area contributed by atoms with Gasteiger partial charge in [-0.05, 0) is 42.5 Å². The second-order valence-corrected chi connectivity index (χ2v) is 6.09. The van der Waals surface area contributed by atoms with Gasteiger partial charge in [-0.25, -0.2) is 4.98 Å². The predicted octanol–water partition coefficient (Wildman–Crippen LogP) is 2.40. The molecule has 3 aromatic heterocycles. The van der Waals surface area contributed by atoms with Crippen molar-refractivity contribution >= 4 is 34.4 Å². The van der Waals surface area contributed by atoms with E-state index in [-0.39, 0.29) is 5.91 Å². The molecule has 0 saturated carbocycles. The summed E-state index contributed by atoms with van der Waals surface area (Å²) in [5, 5.41) is 17.2. The van der Waals surface area contributed by atoms with Crippen molar-refractivity contribution in [3.8, 4) is 0 Å². The van der Waals surface area contributed by atoms with Crippen LogP contribution < -0.4 is 16.0 Å². The van der Waals surface area contributed by atoms with Gasteiger partial charge < -0.3 is 16.0 Å². The van der Waals surface area contributed by atoms with Crippen LogP contribution in [0.15, 0.2) is 67.1 Å². The Morgan fingerprint density at radius 2 is 1.59 bits per heavy atom. The zero-order valence-corrected chi connectivity index (χ0v) is 15.4. The summed E-state index contributed by atoms with van der Waals surface area (Å²) < 4.78 is 0. The summed E-state index contributed by atoms with van der Waals surface area (Å²) in [7, 11) is 0. The number of fused-ring (bicyclic) bond motifs is 1. The molecule has 0 aliphatic rings. The van der Waals surface area contributed by atoms with E-state index in [9.17, 15) is 4.79 Å². The van der Waals surface area contributed by atoms with Gasteiger partial charge in [-0.15, -0.1) is 10.2 Å². The van der Waals surface area contributed by atoms with Gasteiger partial charge in [0.2, 0.25) is 0 Å². The van der Waals surface area contributed by atoms with Crippen LogP contribution in [0.3, 0.4) is 0 Å². The Morgan fingerprint density at radius 3 is 2.38 bits per heavy atom. The molecule has 0 spiro atoms. The Balaban J connectivity index is 1.25. The summed E-state index contributed by atoms with van der Waals surface area (Å²) >= 11 is 0. The highest BCUT2D eigenvalue weighted by molar-refractivity contribution is 5.97. The average Bonchev–Trinajstić information content (AvgIpc) is 2.78. The summed E-state index contributed by atoms with van der Waals surface area (Å²) in [6.07, 6.45) is 4.93. The summed E-state index contributed by atoms with van der Waals surface area (Å²) in [6, 6.07) is 14.4. The SMILES string of the molecule is O=C(NCCNc1ccc(Nc2ccccn2)nn1)c1ccc2nccnc2c1. The van der Waals surface area contributed by atoms with E-state index < -0.39 is 0 Å². The average molecular weight is 386 g/mol. The van der Waals surface area contributed by atoms with Crippen molar-refractivity contribution in [2.45, 2.75) is 0 Å². The standard InChI is InChI=1S/C20H18N8O/c29-20(14-4-5-15-16(13-14)22-10-9-21-15)25-12-11-24-18-6-7-19(28-27-18)26-17-3-1-2-8-23-17/h1-10,13H,11-12H2,(H,24,27)(H,25,29)(H,23,26,28). The van der Waals surface area contributed by atoms with Crippen LogP contribution in [0.4, 0.5) is 17.5 Å². The zero-order valence-electron chi connectivity index (χ0n) is 15.4. The van der Waals surface area contributed by atoms with Crippen LogP contribution in [0.5, 0.6) is 0 Å². The normalized spacial score (nSPS) is 10.5. The van der Waals surface area contributed by atoms with Gasteiger partial charge in [0, 0.05) is 37.2 Å². The second kappa shape index (κ2) is 8.70. The first-order chi connectivity index (χ1) is 14.3. The maximum absolute atomic E-state index is 12.3. The van der Waals surface area contributed by atoms with Crippen LogP contribution in [-0.4, -0.2) is 44.1 Å². The topological polar surface area (TPSA) is 118 Å². The van der Waals surface area contributed by atoms with E-state index in [1.165, 1.54) is 0 Å². The molecular formula is C20H18N8O. The van der Waals surface area contributed by atoms with Gasteiger partial charge in [-0.1, -0.05) is 6.07 Å². The molecule has 3 N–H and O–H groups in total. The van der Waals surface area contributed by atoms with Gasteiger partial charge in [0.1, 0.15) is 11.6 Å². The van der Waals surface area contributed by atoms with Gasteiger partial charge >= 0.3 is 0 Å². The van der Waals surface area contributed by atoms with Gasteiger partial charge in [-0.3, -0.25) is 14.8 Å². The quantitative estimate of drug-likeness (QED) is 0.415. The highest BCUT2D eigenvalue weighted by Gasteiger charge is 2.07. The molecule has 0 bridgehead atoms. The summed E-state index contributed by atoms with van der Waals surface area (Å²) in [5.41, 5.74) is 1.99. The zero-order chi connectivity index (χ0) is 19.9. The maximum Gasteiger partial charge on any atom is 0.251 e. The molecule has 0 atom stereocenters. The van der Waals surface area contributed by atoms with Crippen molar-refractivity contribution < 1.29 is 4.79 Å². The fourth-order valence-corrected chi connectivity index (χ4v) is 2.63. The molecular weight excluding hydrogens is 368 g/mol. The first-order valence-corrected chi connectivity index (χ1v) is 9.02. The van der Waals surface area contributed by atoms with E-state index in [0.717, 1.165) is 5.52 Å². The van der Waals surface area contributed by atoms with E-state index in [4.69, 9.17) is 0 Å². The molecule has 0 fully saturated rings. The first kappa shape index (κ1) is 18.2. The lowest BCUT2D eigenvalue weighted by atomic mass is 10.2. The number of nitrogens with zero attached hydrogens (tertiary/aromatic N) is 5. The Morgan fingerprint density at radius 1 is 0.759 bits per heavy atom. The number of carbonyl (C=O) groups is 1. The number of nitrogens with one attached hydrogen (secondary N) is 3. The summed E-state index contributed by atoms with van der Waals surface area (Å²) in [5.74, 6) is 1.75. The van der Waals surface area contributed by atoms with Crippen molar-refractivity contribution in [2.24, 2.45) is 0 Å². The molecule has 4 rings (SSSR count). The smallest absolute Gasteiger partial charge is 0.251 e. The molecule has 3 heterocycles. The molecule has 9 nitrogen and oxygen atoms in total. The minimum absolute atomic E-state index is 0.166. The van der Waals surface area contributed by atoms with Crippen molar-refractivity contribution in [2.75, 3.05) is 23.7 Å². The third kappa shape index (κ3) is 4.78. The molecule has 0 saturated heterocycles. The Labute approximate surface area is 166 Å². The fraction of sp³-hybridized carbons (Fsp3) is 0.100. The molecule has 0 aliphatic carbocycles. The van der Waals surface area contributed by atoms with Crippen LogP contribution in [-0.2, 0) is 0 Å². The highest BCUT2D eigenvalue weighted by atomic mass is 16.1. The number of carbonyl (C=O) groups excluding carboxylic acids is 1. The van der Waals surface area contributed by atoms with E-state index in [0.29, 0.717) is 41.6 Å². The van der Waals surface area contributed by atoms with E-state index >= 15 is 0 Å². The number of hydrogen-bond donors (Lipinski definition) is 3. The molecule has 1 aromatic carbocycles. The summed E-state index contributed by atoms with van der Waals surface area (Å²) in [6.45, 7) is 0.952. The fourth-order valence-electron chi connectivity index (χ4n) is 2.63. The van der Waals surface area contributed by atoms with Crippen molar-refractivity contribution in [1.29, 1.82) is 0 Å². The number of pyridine rings is 1. The lowest BCUT2D eigenvalue weighted by molar-refractivity contribution is 0.0955. The van der Waals surface area contributed by atoms with Crippen molar-refractivity contribution in [1.82, 2.24) is 30.5 Å². The van der Waals surface area contributed by atoms with E-state index in [1.54, 1.807) is 42.9 Å². The third-order valence-corrected chi connectivity index (χ3v) is 4.03. The molecule has 4 aromatic rings. The second-order valence-electron chi connectivity index (χ2n) is 6.09. The molecule has 0 aliphatic heterocycles. The van der Waals surface area contributed by atoms with E-state index in [1.807, 2.05) is 24.3 Å². The van der Waals surface area contributed by atoms with Gasteiger partial charge in [0.15, 0.2) is 5.82 Å². The number of amides is 1. The minimum atomic E-state index is -0.166. The van der Waals surface area contributed by atoms with Crippen LogP contribution in [0, 0.1) is 0 Å².